The minimum atomic E-state index is -0.393. The van der Waals surface area contributed by atoms with Gasteiger partial charge in [0.2, 0.25) is 11.8 Å². The Morgan fingerprint density at radius 1 is 1.20 bits per heavy atom. The summed E-state index contributed by atoms with van der Waals surface area (Å²) in [7, 11) is 0. The molecule has 0 aromatic carbocycles. The molecule has 2 unspecified atom stereocenters. The van der Waals surface area contributed by atoms with Crippen molar-refractivity contribution >= 4 is 23.6 Å². The zero-order chi connectivity index (χ0) is 15.7. The smallest absolute Gasteiger partial charge is 0.246 e. The number of amides is 2. The molecule has 0 aromatic rings. The summed E-state index contributed by atoms with van der Waals surface area (Å²) in [5.41, 5.74) is 0. The van der Waals surface area contributed by atoms with Crippen LogP contribution in [0.2, 0.25) is 0 Å². The van der Waals surface area contributed by atoms with Gasteiger partial charge in [-0.2, -0.15) is 11.8 Å². The van der Waals surface area contributed by atoms with Crippen molar-refractivity contribution in [2.24, 2.45) is 11.8 Å². The van der Waals surface area contributed by atoms with Gasteiger partial charge in [0.15, 0.2) is 0 Å². The van der Waals surface area contributed by atoms with Gasteiger partial charge in [-0.1, -0.05) is 27.7 Å². The van der Waals surface area contributed by atoms with Crippen LogP contribution in [0.3, 0.4) is 0 Å². The van der Waals surface area contributed by atoms with Crippen molar-refractivity contribution in [3.05, 3.63) is 0 Å². The van der Waals surface area contributed by atoms with Crippen molar-refractivity contribution in [2.75, 3.05) is 12.8 Å². The molecule has 1 aliphatic rings. The Bertz CT molecular complexity index is 380. The van der Waals surface area contributed by atoms with Crippen LogP contribution in [0.1, 0.15) is 41.5 Å². The van der Waals surface area contributed by atoms with Crippen LogP contribution < -0.4 is 5.32 Å². The summed E-state index contributed by atoms with van der Waals surface area (Å²) >= 11 is 1.72. The Morgan fingerprint density at radius 2 is 1.75 bits per heavy atom. The number of rotatable bonds is 5. The van der Waals surface area contributed by atoms with Crippen LogP contribution in [0.4, 0.5) is 0 Å². The quantitative estimate of drug-likeness (QED) is 0.846. The predicted octanol–water partition coefficient (Wildman–Crippen LogP) is 2.14. The van der Waals surface area contributed by atoms with Crippen LogP contribution >= 0.6 is 11.8 Å². The summed E-state index contributed by atoms with van der Waals surface area (Å²) in [5.74, 6) is 0.264. The molecule has 1 saturated heterocycles. The van der Waals surface area contributed by atoms with E-state index in [9.17, 15) is 9.59 Å². The molecule has 0 aromatic heterocycles. The van der Waals surface area contributed by atoms with Gasteiger partial charge in [0.05, 0.1) is 0 Å². The molecule has 1 aliphatic heterocycles. The van der Waals surface area contributed by atoms with Gasteiger partial charge < -0.3 is 10.2 Å². The van der Waals surface area contributed by atoms with Crippen LogP contribution in [-0.2, 0) is 9.59 Å². The highest BCUT2D eigenvalue weighted by molar-refractivity contribution is 7.99. The van der Waals surface area contributed by atoms with Gasteiger partial charge in [-0.25, -0.2) is 0 Å². The van der Waals surface area contributed by atoms with Crippen molar-refractivity contribution in [3.8, 4) is 0 Å². The van der Waals surface area contributed by atoms with Gasteiger partial charge >= 0.3 is 0 Å². The third kappa shape index (κ3) is 3.68. The molecular weight excluding hydrogens is 272 g/mol. The fourth-order valence-corrected chi connectivity index (χ4v) is 2.79. The molecule has 0 bridgehead atoms. The summed E-state index contributed by atoms with van der Waals surface area (Å²) in [5, 5.41) is 2.89. The highest BCUT2D eigenvalue weighted by Gasteiger charge is 2.44. The lowest BCUT2D eigenvalue weighted by Gasteiger charge is -2.44. The lowest BCUT2D eigenvalue weighted by atomic mass is 9.92. The fraction of sp³-hybridized carbons (Fsp3) is 0.867. The first kappa shape index (κ1) is 17.3. The first-order chi connectivity index (χ1) is 9.10. The molecule has 2 amide bonds. The molecule has 0 saturated carbocycles. The lowest BCUT2D eigenvalue weighted by molar-refractivity contribution is -0.152. The van der Waals surface area contributed by atoms with Gasteiger partial charge in [-0.15, -0.1) is 0 Å². The zero-order valence-corrected chi connectivity index (χ0v) is 14.5. The third-order valence-electron chi connectivity index (χ3n) is 3.85. The number of thioether (sulfide) groups is 1. The van der Waals surface area contributed by atoms with E-state index in [0.717, 1.165) is 0 Å². The van der Waals surface area contributed by atoms with Crippen molar-refractivity contribution < 1.29 is 9.59 Å². The first-order valence-electron chi connectivity index (χ1n) is 7.26. The normalized spacial score (nSPS) is 24.6. The molecule has 1 heterocycles. The number of hydrogen-bond donors (Lipinski definition) is 1. The van der Waals surface area contributed by atoms with Gasteiger partial charge in [0.25, 0.3) is 0 Å². The van der Waals surface area contributed by atoms with E-state index in [4.69, 9.17) is 0 Å². The number of nitrogens with zero attached hydrogens (tertiary/aromatic N) is 1. The fourth-order valence-electron chi connectivity index (χ4n) is 2.52. The maximum atomic E-state index is 12.7. The Balaban J connectivity index is 3.08. The van der Waals surface area contributed by atoms with Crippen LogP contribution in [0.15, 0.2) is 0 Å². The molecule has 1 N–H and O–H groups in total. The second-order valence-corrected chi connectivity index (χ2v) is 8.36. The molecular formula is C15H28N2O2S. The molecule has 0 spiro atoms. The van der Waals surface area contributed by atoms with Crippen molar-refractivity contribution in [3.63, 3.8) is 0 Å². The number of nitrogens with one attached hydrogen (secondary N) is 1. The van der Waals surface area contributed by atoms with Crippen LogP contribution in [0, 0.1) is 11.8 Å². The van der Waals surface area contributed by atoms with Crippen LogP contribution in [0.5, 0.6) is 0 Å². The summed E-state index contributed by atoms with van der Waals surface area (Å²) in [6.45, 7) is 12.7. The number of piperazine rings is 1. The zero-order valence-electron chi connectivity index (χ0n) is 13.7. The molecule has 5 heteroatoms. The molecule has 1 fully saturated rings. The van der Waals surface area contributed by atoms with Crippen LogP contribution in [-0.4, -0.2) is 46.3 Å². The average Bonchev–Trinajstić information content (AvgIpc) is 2.32. The molecule has 2 atom stereocenters. The average molecular weight is 300 g/mol. The summed E-state index contributed by atoms with van der Waals surface area (Å²) in [6, 6.07) is -0.751. The highest BCUT2D eigenvalue weighted by atomic mass is 32.2. The second-order valence-electron chi connectivity index (χ2n) is 6.85. The standard InChI is InChI=1S/C15H28N2O2S/c1-9(2)11-14(19)17(8-15(5,6)20-7)12(10(3)4)13(18)16-11/h9-12H,8H2,1-7H3,(H,16,18). The maximum Gasteiger partial charge on any atom is 0.246 e. The predicted molar refractivity (Wildman–Crippen MR) is 84.7 cm³/mol. The Kier molecular flexibility index (Phi) is 5.53. The Hall–Kier alpha value is -0.710. The van der Waals surface area contributed by atoms with E-state index >= 15 is 0 Å². The van der Waals surface area contributed by atoms with E-state index in [0.29, 0.717) is 6.54 Å². The van der Waals surface area contributed by atoms with E-state index in [2.05, 4.69) is 19.2 Å². The van der Waals surface area contributed by atoms with E-state index < -0.39 is 6.04 Å². The molecule has 0 radical (unpaired) electrons. The minimum absolute atomic E-state index is 0.0183. The monoisotopic (exact) mass is 300 g/mol. The molecule has 20 heavy (non-hydrogen) atoms. The topological polar surface area (TPSA) is 49.4 Å². The van der Waals surface area contributed by atoms with E-state index in [1.54, 1.807) is 16.7 Å². The Labute approximate surface area is 127 Å². The summed E-state index contributed by atoms with van der Waals surface area (Å²) < 4.78 is -0.0536. The summed E-state index contributed by atoms with van der Waals surface area (Å²) in [4.78, 5) is 26.9. The third-order valence-corrected chi connectivity index (χ3v) is 5.09. The molecule has 116 valence electrons. The van der Waals surface area contributed by atoms with E-state index in [-0.39, 0.29) is 34.4 Å². The van der Waals surface area contributed by atoms with Crippen molar-refractivity contribution in [2.45, 2.75) is 58.4 Å². The van der Waals surface area contributed by atoms with Gasteiger partial charge in [-0.05, 0) is 31.9 Å². The number of carbonyl (C=O) groups is 2. The second kappa shape index (κ2) is 6.37. The van der Waals surface area contributed by atoms with Gasteiger partial charge in [0.1, 0.15) is 12.1 Å². The summed E-state index contributed by atoms with van der Waals surface area (Å²) in [6.07, 6.45) is 2.04. The minimum Gasteiger partial charge on any atom is -0.342 e. The largest absolute Gasteiger partial charge is 0.342 e. The van der Waals surface area contributed by atoms with Crippen molar-refractivity contribution in [1.29, 1.82) is 0 Å². The lowest BCUT2D eigenvalue weighted by Crippen LogP contribution is -2.67. The van der Waals surface area contributed by atoms with E-state index in [1.807, 2.05) is 34.0 Å². The maximum absolute atomic E-state index is 12.7. The van der Waals surface area contributed by atoms with Crippen LogP contribution in [0.25, 0.3) is 0 Å². The number of carbonyl (C=O) groups excluding carboxylic acids is 2. The molecule has 0 aliphatic carbocycles. The molecule has 1 rings (SSSR count). The van der Waals surface area contributed by atoms with Gasteiger partial charge in [-0.3, -0.25) is 9.59 Å². The highest BCUT2D eigenvalue weighted by Crippen LogP contribution is 2.28. The molecule has 4 nitrogen and oxygen atoms in total. The SMILES string of the molecule is CSC(C)(C)CN1C(=O)C(C(C)C)NC(=O)C1C(C)C. The Morgan fingerprint density at radius 3 is 2.15 bits per heavy atom. The number of hydrogen-bond acceptors (Lipinski definition) is 3. The van der Waals surface area contributed by atoms with Gasteiger partial charge in [0, 0.05) is 11.3 Å². The van der Waals surface area contributed by atoms with E-state index in [1.165, 1.54) is 0 Å². The van der Waals surface area contributed by atoms with Crippen molar-refractivity contribution in [1.82, 2.24) is 10.2 Å². The first-order valence-corrected chi connectivity index (χ1v) is 8.49.